The Balaban J connectivity index is 1.82. The first-order valence-electron chi connectivity index (χ1n) is 11.0. The molecule has 0 radical (unpaired) electrons. The third-order valence-corrected chi connectivity index (χ3v) is 6.88. The standard InChI is InChI=1S/C24H23ClF7N3OS/c1-22(8-3-9-37-2)13-35(34-21(22)14-4-6-16(17(25)10-14)24(30,31)32)12-20(36)33-19-7-5-15(11-18(19)26)23(27,28)29/h4-7,10-11H,3,8-9,12-13H2,1-2H3,(H,33,36). The van der Waals surface area contributed by atoms with Gasteiger partial charge in [0, 0.05) is 12.0 Å². The molecule has 1 aliphatic heterocycles. The highest BCUT2D eigenvalue weighted by Gasteiger charge is 2.40. The molecule has 4 nitrogen and oxygen atoms in total. The summed E-state index contributed by atoms with van der Waals surface area (Å²) in [5, 5.41) is 7.64. The van der Waals surface area contributed by atoms with E-state index >= 15 is 0 Å². The second-order valence-electron chi connectivity index (χ2n) is 8.86. The lowest BCUT2D eigenvalue weighted by Crippen LogP contribution is -2.35. The van der Waals surface area contributed by atoms with Crippen molar-refractivity contribution < 1.29 is 35.5 Å². The van der Waals surface area contributed by atoms with Gasteiger partial charge in [0.25, 0.3) is 0 Å². The highest BCUT2D eigenvalue weighted by atomic mass is 35.5. The molecule has 1 unspecified atom stereocenters. The van der Waals surface area contributed by atoms with Crippen LogP contribution in [0.2, 0.25) is 5.02 Å². The van der Waals surface area contributed by atoms with Gasteiger partial charge in [-0.15, -0.1) is 0 Å². The minimum absolute atomic E-state index is 0.248. The van der Waals surface area contributed by atoms with E-state index in [0.717, 1.165) is 24.3 Å². The van der Waals surface area contributed by atoms with E-state index in [9.17, 15) is 35.5 Å². The first kappa shape index (κ1) is 29.1. The lowest BCUT2D eigenvalue weighted by Gasteiger charge is -2.27. The molecule has 0 bridgehead atoms. The second-order valence-corrected chi connectivity index (χ2v) is 10.3. The molecule has 37 heavy (non-hydrogen) atoms. The number of hydrogen-bond acceptors (Lipinski definition) is 4. The number of hydrogen-bond donors (Lipinski definition) is 1. The Kier molecular flexibility index (Phi) is 8.73. The molecule has 0 aromatic heterocycles. The normalized spacial score (nSPS) is 18.2. The van der Waals surface area contributed by atoms with Crippen LogP contribution in [0, 0.1) is 11.2 Å². The molecule has 0 fully saturated rings. The number of halogens is 8. The van der Waals surface area contributed by atoms with Crippen LogP contribution in [0.15, 0.2) is 41.5 Å². The molecule has 2 aromatic carbocycles. The third-order valence-electron chi connectivity index (χ3n) is 5.87. The molecular weight excluding hydrogens is 547 g/mol. The van der Waals surface area contributed by atoms with Crippen molar-refractivity contribution in [2.75, 3.05) is 30.4 Å². The fraction of sp³-hybridized carbons (Fsp3) is 0.417. The maximum absolute atomic E-state index is 14.1. The maximum Gasteiger partial charge on any atom is 0.417 e. The zero-order valence-electron chi connectivity index (χ0n) is 19.7. The Labute approximate surface area is 218 Å². The average molecular weight is 570 g/mol. The Morgan fingerprint density at radius 3 is 2.41 bits per heavy atom. The molecule has 1 amide bonds. The van der Waals surface area contributed by atoms with Crippen LogP contribution in [0.5, 0.6) is 0 Å². The first-order chi connectivity index (χ1) is 17.1. The van der Waals surface area contributed by atoms with E-state index < -0.39 is 51.3 Å². The van der Waals surface area contributed by atoms with Crippen molar-refractivity contribution in [3.63, 3.8) is 0 Å². The van der Waals surface area contributed by atoms with Crippen molar-refractivity contribution >= 4 is 40.7 Å². The Morgan fingerprint density at radius 1 is 1.14 bits per heavy atom. The number of rotatable bonds is 8. The van der Waals surface area contributed by atoms with Gasteiger partial charge in [-0.3, -0.25) is 9.80 Å². The van der Waals surface area contributed by atoms with E-state index in [-0.39, 0.29) is 13.1 Å². The Hall–Kier alpha value is -2.47. The van der Waals surface area contributed by atoms with E-state index in [0.29, 0.717) is 29.8 Å². The fourth-order valence-corrected chi connectivity index (χ4v) is 4.84. The summed E-state index contributed by atoms with van der Waals surface area (Å²) in [4.78, 5) is 12.6. The zero-order valence-corrected chi connectivity index (χ0v) is 21.3. The number of amides is 1. The lowest BCUT2D eigenvalue weighted by atomic mass is 9.78. The summed E-state index contributed by atoms with van der Waals surface area (Å²) >= 11 is 7.55. The molecule has 0 aliphatic carbocycles. The third kappa shape index (κ3) is 7.10. The van der Waals surface area contributed by atoms with Crippen molar-refractivity contribution in [3.05, 3.63) is 63.9 Å². The van der Waals surface area contributed by atoms with Gasteiger partial charge in [0.1, 0.15) is 12.4 Å². The summed E-state index contributed by atoms with van der Waals surface area (Å²) < 4.78 is 91.9. The summed E-state index contributed by atoms with van der Waals surface area (Å²) in [6.07, 6.45) is -6.00. The van der Waals surface area contributed by atoms with Gasteiger partial charge in [0.2, 0.25) is 5.91 Å². The zero-order chi connectivity index (χ0) is 27.6. The highest BCUT2D eigenvalue weighted by molar-refractivity contribution is 7.98. The molecule has 1 aliphatic rings. The Morgan fingerprint density at radius 2 is 1.84 bits per heavy atom. The lowest BCUT2D eigenvalue weighted by molar-refractivity contribution is -0.138. The predicted molar refractivity (Wildman–Crippen MR) is 130 cm³/mol. The van der Waals surface area contributed by atoms with Gasteiger partial charge in [0.15, 0.2) is 0 Å². The molecule has 2 aromatic rings. The molecule has 202 valence electrons. The molecule has 0 saturated heterocycles. The fourth-order valence-electron chi connectivity index (χ4n) is 4.12. The molecule has 0 saturated carbocycles. The van der Waals surface area contributed by atoms with Gasteiger partial charge in [0.05, 0.1) is 27.5 Å². The van der Waals surface area contributed by atoms with Gasteiger partial charge in [-0.25, -0.2) is 4.39 Å². The topological polar surface area (TPSA) is 44.7 Å². The number of nitrogens with one attached hydrogen (secondary N) is 1. The highest BCUT2D eigenvalue weighted by Crippen LogP contribution is 2.39. The van der Waals surface area contributed by atoms with Crippen LogP contribution in [0.1, 0.15) is 36.5 Å². The van der Waals surface area contributed by atoms with E-state index in [1.54, 1.807) is 11.8 Å². The molecular formula is C24H23ClF7N3OS. The second kappa shape index (κ2) is 11.1. The SMILES string of the molecule is CSCCCC1(C)CN(CC(=O)Nc2ccc(C(F)(F)F)cc2F)N=C1c1ccc(C(F)(F)F)c(Cl)c1. The van der Waals surface area contributed by atoms with Gasteiger partial charge >= 0.3 is 12.4 Å². The molecule has 1 atom stereocenters. The maximum atomic E-state index is 14.1. The number of hydrazone groups is 1. The number of nitrogens with zero attached hydrogens (tertiary/aromatic N) is 2. The summed E-state index contributed by atoms with van der Waals surface area (Å²) in [5.74, 6) is -1.12. The smallest absolute Gasteiger partial charge is 0.322 e. The number of carbonyl (C=O) groups is 1. The van der Waals surface area contributed by atoms with Gasteiger partial charge in [-0.2, -0.15) is 43.2 Å². The number of alkyl halides is 6. The van der Waals surface area contributed by atoms with Crippen LogP contribution in [-0.2, 0) is 17.1 Å². The molecule has 0 spiro atoms. The summed E-state index contributed by atoms with van der Waals surface area (Å²) in [6, 6.07) is 5.12. The number of carbonyl (C=O) groups excluding carboxylic acids is 1. The van der Waals surface area contributed by atoms with Crippen molar-refractivity contribution in [3.8, 4) is 0 Å². The van der Waals surface area contributed by atoms with Crippen LogP contribution in [0.3, 0.4) is 0 Å². The first-order valence-corrected chi connectivity index (χ1v) is 12.8. The quantitative estimate of drug-likeness (QED) is 0.267. The average Bonchev–Trinajstić information content (AvgIpc) is 3.09. The minimum atomic E-state index is -4.73. The number of anilines is 1. The van der Waals surface area contributed by atoms with Gasteiger partial charge in [-0.05, 0) is 60.7 Å². The Bertz CT molecular complexity index is 1190. The summed E-state index contributed by atoms with van der Waals surface area (Å²) in [6.45, 7) is 1.78. The van der Waals surface area contributed by atoms with Gasteiger partial charge in [-0.1, -0.05) is 24.6 Å². The van der Waals surface area contributed by atoms with Crippen LogP contribution in [0.25, 0.3) is 0 Å². The van der Waals surface area contributed by atoms with E-state index in [4.69, 9.17) is 11.6 Å². The van der Waals surface area contributed by atoms with E-state index in [1.165, 1.54) is 17.1 Å². The summed E-state index contributed by atoms with van der Waals surface area (Å²) in [7, 11) is 0. The molecule has 1 N–H and O–H groups in total. The summed E-state index contributed by atoms with van der Waals surface area (Å²) in [5.41, 5.74) is -2.38. The number of thioether (sulfide) groups is 1. The minimum Gasteiger partial charge on any atom is -0.322 e. The van der Waals surface area contributed by atoms with Crippen LogP contribution in [0.4, 0.5) is 36.4 Å². The molecule has 13 heteroatoms. The monoisotopic (exact) mass is 569 g/mol. The van der Waals surface area contributed by atoms with Crippen molar-refractivity contribution in [1.82, 2.24) is 5.01 Å². The largest absolute Gasteiger partial charge is 0.417 e. The van der Waals surface area contributed by atoms with E-state index in [1.807, 2.05) is 13.2 Å². The van der Waals surface area contributed by atoms with Crippen molar-refractivity contribution in [2.24, 2.45) is 10.5 Å². The van der Waals surface area contributed by atoms with Crippen molar-refractivity contribution in [1.29, 1.82) is 0 Å². The van der Waals surface area contributed by atoms with Gasteiger partial charge < -0.3 is 5.32 Å². The predicted octanol–water partition coefficient (Wildman–Crippen LogP) is 7.32. The van der Waals surface area contributed by atoms with Crippen LogP contribution in [-0.4, -0.2) is 41.7 Å². The molecule has 1 heterocycles. The van der Waals surface area contributed by atoms with Crippen molar-refractivity contribution in [2.45, 2.75) is 32.1 Å². The van der Waals surface area contributed by atoms with Crippen LogP contribution < -0.4 is 5.32 Å². The number of benzene rings is 2. The molecule has 3 rings (SSSR count). The van der Waals surface area contributed by atoms with Crippen LogP contribution >= 0.6 is 23.4 Å². The van der Waals surface area contributed by atoms with E-state index in [2.05, 4.69) is 10.4 Å².